The summed E-state index contributed by atoms with van der Waals surface area (Å²) in [5.74, 6) is 2.45. The van der Waals surface area contributed by atoms with E-state index in [-0.39, 0.29) is 0 Å². The molecule has 0 spiro atoms. The van der Waals surface area contributed by atoms with Crippen LogP contribution < -0.4 is 10.2 Å². The third kappa shape index (κ3) is 4.12. The Balaban J connectivity index is 2.14. The van der Waals surface area contributed by atoms with E-state index in [1.807, 2.05) is 11.3 Å². The van der Waals surface area contributed by atoms with Crippen LogP contribution in [0, 0.1) is 0 Å². The van der Waals surface area contributed by atoms with Gasteiger partial charge in [0.25, 0.3) is 0 Å². The predicted molar refractivity (Wildman–Crippen MR) is 92.2 cm³/mol. The summed E-state index contributed by atoms with van der Waals surface area (Å²) in [5.41, 5.74) is 1.31. The van der Waals surface area contributed by atoms with Gasteiger partial charge in [0, 0.05) is 41.6 Å². The van der Waals surface area contributed by atoms with E-state index in [4.69, 9.17) is 4.98 Å². The van der Waals surface area contributed by atoms with Gasteiger partial charge in [-0.2, -0.15) is 11.8 Å². The zero-order chi connectivity index (χ0) is 14.5. The molecule has 2 heterocycles. The highest BCUT2D eigenvalue weighted by Gasteiger charge is 2.23. The summed E-state index contributed by atoms with van der Waals surface area (Å²) < 4.78 is 0. The van der Waals surface area contributed by atoms with E-state index in [0.717, 1.165) is 19.5 Å². The first-order valence-electron chi connectivity index (χ1n) is 7.68. The Labute approximate surface area is 131 Å². The van der Waals surface area contributed by atoms with E-state index in [1.165, 1.54) is 33.6 Å². The Hall–Kier alpha value is -0.260. The summed E-state index contributed by atoms with van der Waals surface area (Å²) in [4.78, 5) is 8.88. The molecule has 114 valence electrons. The lowest BCUT2D eigenvalue weighted by Crippen LogP contribution is -2.40. The number of aryl methyl sites for hydroxylation is 1. The number of rotatable bonds is 6. The zero-order valence-electron chi connectivity index (χ0n) is 13.1. The molecule has 1 aliphatic heterocycles. The maximum absolute atomic E-state index is 4.95. The second-order valence-electron chi connectivity index (χ2n) is 5.77. The minimum atomic E-state index is 0.528. The number of anilines is 1. The Bertz CT molecular complexity index is 417. The molecule has 3 nitrogen and oxygen atoms in total. The number of aromatic nitrogens is 1. The topological polar surface area (TPSA) is 28.2 Å². The fourth-order valence-electron chi connectivity index (χ4n) is 2.37. The van der Waals surface area contributed by atoms with E-state index in [1.54, 1.807) is 0 Å². The highest BCUT2D eigenvalue weighted by atomic mass is 32.2. The van der Waals surface area contributed by atoms with Gasteiger partial charge in [-0.1, -0.05) is 27.2 Å². The van der Waals surface area contributed by atoms with Crippen molar-refractivity contribution in [2.75, 3.05) is 23.0 Å². The van der Waals surface area contributed by atoms with Crippen molar-refractivity contribution in [2.24, 2.45) is 0 Å². The second kappa shape index (κ2) is 7.66. The molecule has 1 aliphatic rings. The van der Waals surface area contributed by atoms with Crippen LogP contribution in [0.25, 0.3) is 0 Å². The Kier molecular flexibility index (Phi) is 6.18. The molecular formula is C15H27N3S2. The maximum Gasteiger partial charge on any atom is 0.186 e. The van der Waals surface area contributed by atoms with Crippen LogP contribution in [0.15, 0.2) is 0 Å². The first-order chi connectivity index (χ1) is 9.61. The summed E-state index contributed by atoms with van der Waals surface area (Å²) in [5, 5.41) is 4.77. The van der Waals surface area contributed by atoms with Crippen LogP contribution in [0.4, 0.5) is 5.13 Å². The molecule has 1 fully saturated rings. The number of thiazole rings is 1. The normalized spacial score (nSPS) is 19.9. The van der Waals surface area contributed by atoms with Crippen LogP contribution in [-0.2, 0) is 13.0 Å². The van der Waals surface area contributed by atoms with E-state index >= 15 is 0 Å². The summed E-state index contributed by atoms with van der Waals surface area (Å²) in [7, 11) is 0. The van der Waals surface area contributed by atoms with Gasteiger partial charge < -0.3 is 10.2 Å². The minimum absolute atomic E-state index is 0.528. The van der Waals surface area contributed by atoms with Gasteiger partial charge in [-0.05, 0) is 13.3 Å². The molecule has 0 radical (unpaired) electrons. The van der Waals surface area contributed by atoms with Gasteiger partial charge in [0.15, 0.2) is 5.13 Å². The van der Waals surface area contributed by atoms with Crippen molar-refractivity contribution >= 4 is 28.2 Å². The van der Waals surface area contributed by atoms with E-state index in [9.17, 15) is 0 Å². The van der Waals surface area contributed by atoms with Gasteiger partial charge in [-0.15, -0.1) is 11.3 Å². The number of nitrogens with zero attached hydrogens (tertiary/aromatic N) is 2. The number of nitrogens with one attached hydrogen (secondary N) is 1. The third-order valence-corrected chi connectivity index (χ3v) is 5.86. The SMILES string of the molecule is CCCc1nc(N2CCSCC2C)sc1CNC(C)C. The van der Waals surface area contributed by atoms with E-state index in [2.05, 4.69) is 49.7 Å². The van der Waals surface area contributed by atoms with Crippen molar-refractivity contribution in [2.45, 2.75) is 59.2 Å². The highest BCUT2D eigenvalue weighted by molar-refractivity contribution is 7.99. The first-order valence-corrected chi connectivity index (χ1v) is 9.65. The van der Waals surface area contributed by atoms with Crippen LogP contribution in [0.5, 0.6) is 0 Å². The molecule has 2 rings (SSSR count). The van der Waals surface area contributed by atoms with E-state index in [0.29, 0.717) is 12.1 Å². The Morgan fingerprint density at radius 3 is 2.90 bits per heavy atom. The summed E-state index contributed by atoms with van der Waals surface area (Å²) >= 11 is 3.95. The van der Waals surface area contributed by atoms with Gasteiger partial charge in [0.2, 0.25) is 0 Å². The van der Waals surface area contributed by atoms with Gasteiger partial charge in [-0.3, -0.25) is 0 Å². The maximum atomic E-state index is 4.95. The smallest absolute Gasteiger partial charge is 0.186 e. The molecule has 1 N–H and O–H groups in total. The van der Waals surface area contributed by atoms with Crippen molar-refractivity contribution in [1.82, 2.24) is 10.3 Å². The summed E-state index contributed by atoms with van der Waals surface area (Å²) in [6, 6.07) is 1.14. The number of hydrogen-bond donors (Lipinski definition) is 1. The lowest BCUT2D eigenvalue weighted by atomic mass is 10.2. The lowest BCUT2D eigenvalue weighted by Gasteiger charge is -2.32. The molecular weight excluding hydrogens is 286 g/mol. The van der Waals surface area contributed by atoms with Crippen LogP contribution >= 0.6 is 23.1 Å². The lowest BCUT2D eigenvalue weighted by molar-refractivity contribution is 0.589. The van der Waals surface area contributed by atoms with Crippen molar-refractivity contribution in [1.29, 1.82) is 0 Å². The third-order valence-electron chi connectivity index (χ3n) is 3.54. The van der Waals surface area contributed by atoms with Gasteiger partial charge in [0.1, 0.15) is 0 Å². The van der Waals surface area contributed by atoms with Gasteiger partial charge >= 0.3 is 0 Å². The molecule has 5 heteroatoms. The Morgan fingerprint density at radius 1 is 1.45 bits per heavy atom. The van der Waals surface area contributed by atoms with E-state index < -0.39 is 0 Å². The second-order valence-corrected chi connectivity index (χ2v) is 7.98. The van der Waals surface area contributed by atoms with Crippen molar-refractivity contribution in [3.8, 4) is 0 Å². The predicted octanol–water partition coefficient (Wildman–Crippen LogP) is 3.54. The van der Waals surface area contributed by atoms with Crippen molar-refractivity contribution in [3.63, 3.8) is 0 Å². The zero-order valence-corrected chi connectivity index (χ0v) is 14.7. The fraction of sp³-hybridized carbons (Fsp3) is 0.800. The average Bonchev–Trinajstić information content (AvgIpc) is 2.80. The molecule has 1 unspecified atom stereocenters. The van der Waals surface area contributed by atoms with Crippen LogP contribution in [0.1, 0.15) is 44.7 Å². The Morgan fingerprint density at radius 2 is 2.25 bits per heavy atom. The van der Waals surface area contributed by atoms with Crippen LogP contribution in [0.2, 0.25) is 0 Å². The molecule has 0 aromatic carbocycles. The van der Waals surface area contributed by atoms with Crippen LogP contribution in [-0.4, -0.2) is 35.1 Å². The molecule has 1 aromatic heterocycles. The monoisotopic (exact) mass is 313 g/mol. The minimum Gasteiger partial charge on any atom is -0.344 e. The first kappa shape index (κ1) is 16.1. The number of hydrogen-bond acceptors (Lipinski definition) is 5. The molecule has 0 amide bonds. The van der Waals surface area contributed by atoms with Crippen molar-refractivity contribution in [3.05, 3.63) is 10.6 Å². The largest absolute Gasteiger partial charge is 0.344 e. The highest BCUT2D eigenvalue weighted by Crippen LogP contribution is 2.31. The fourth-order valence-corrected chi connectivity index (χ4v) is 4.57. The summed E-state index contributed by atoms with van der Waals surface area (Å²) in [6.45, 7) is 11.1. The quantitative estimate of drug-likeness (QED) is 0.869. The van der Waals surface area contributed by atoms with Crippen LogP contribution in [0.3, 0.4) is 0 Å². The average molecular weight is 314 g/mol. The summed E-state index contributed by atoms with van der Waals surface area (Å²) in [6.07, 6.45) is 2.27. The van der Waals surface area contributed by atoms with Gasteiger partial charge in [-0.25, -0.2) is 4.98 Å². The number of thioether (sulfide) groups is 1. The molecule has 20 heavy (non-hydrogen) atoms. The molecule has 1 aromatic rings. The molecule has 0 aliphatic carbocycles. The van der Waals surface area contributed by atoms with Gasteiger partial charge in [0.05, 0.1) is 5.69 Å². The molecule has 1 saturated heterocycles. The standard InChI is InChI=1S/C15H27N3S2/c1-5-6-13-14(9-16-11(2)3)20-15(17-13)18-7-8-19-10-12(18)4/h11-12,16H,5-10H2,1-4H3. The van der Waals surface area contributed by atoms with Crippen molar-refractivity contribution < 1.29 is 0 Å². The molecule has 1 atom stereocenters. The molecule has 0 saturated carbocycles. The molecule has 0 bridgehead atoms.